The molecule has 2 aliphatic rings. The summed E-state index contributed by atoms with van der Waals surface area (Å²) in [5.41, 5.74) is 2.49. The van der Waals surface area contributed by atoms with Crippen LogP contribution in [0.5, 0.6) is 0 Å². The molecule has 210 valence electrons. The molecule has 3 aromatic rings. The standard InChI is InChI=1S/C32H36FN3O4/c1-40-30(38)26-8-5-7-24(21-26)22-35-23-36(28-9-3-2-4-10-28)32(31(35)39)16-19-34(20-17-32)18-6-11-29(37)25-12-14-27(33)15-13-25/h2-5,7-10,12-15,21,29,37H,6,11,16-20,22-23H2,1H3. The molecule has 3 aromatic carbocycles. The van der Waals surface area contributed by atoms with Gasteiger partial charge in [-0.3, -0.25) is 4.79 Å². The summed E-state index contributed by atoms with van der Waals surface area (Å²) in [4.78, 5) is 32.6. The van der Waals surface area contributed by atoms with E-state index in [2.05, 4.69) is 21.9 Å². The number of benzene rings is 3. The molecule has 0 saturated carbocycles. The smallest absolute Gasteiger partial charge is 0.337 e. The predicted molar refractivity (Wildman–Crippen MR) is 151 cm³/mol. The molecule has 0 aromatic heterocycles. The van der Waals surface area contributed by atoms with Crippen LogP contribution in [0.2, 0.25) is 0 Å². The number of hydrogen-bond donors (Lipinski definition) is 1. The molecule has 1 amide bonds. The summed E-state index contributed by atoms with van der Waals surface area (Å²) in [6.45, 7) is 3.30. The van der Waals surface area contributed by atoms with Crippen molar-refractivity contribution in [2.24, 2.45) is 0 Å². The third-order valence-corrected chi connectivity index (χ3v) is 8.19. The molecule has 2 saturated heterocycles. The third kappa shape index (κ3) is 5.88. The molecule has 0 bridgehead atoms. The van der Waals surface area contributed by atoms with Crippen molar-refractivity contribution in [2.45, 2.75) is 43.9 Å². The Balaban J connectivity index is 1.25. The van der Waals surface area contributed by atoms with Gasteiger partial charge >= 0.3 is 5.97 Å². The highest BCUT2D eigenvalue weighted by Gasteiger charge is 2.53. The van der Waals surface area contributed by atoms with Crippen LogP contribution in [-0.4, -0.2) is 65.7 Å². The third-order valence-electron chi connectivity index (χ3n) is 8.19. The largest absolute Gasteiger partial charge is 0.465 e. The van der Waals surface area contributed by atoms with E-state index in [1.807, 2.05) is 35.2 Å². The van der Waals surface area contributed by atoms with Crippen molar-refractivity contribution in [1.29, 1.82) is 0 Å². The fourth-order valence-electron chi connectivity index (χ4n) is 5.96. The van der Waals surface area contributed by atoms with Crippen molar-refractivity contribution >= 4 is 17.6 Å². The molecular weight excluding hydrogens is 509 g/mol. The second kappa shape index (κ2) is 12.2. The maximum atomic E-state index is 14.1. The molecule has 1 atom stereocenters. The number of nitrogens with zero attached hydrogens (tertiary/aromatic N) is 3. The molecule has 8 heteroatoms. The number of carbonyl (C=O) groups is 2. The van der Waals surface area contributed by atoms with E-state index in [9.17, 15) is 19.1 Å². The SMILES string of the molecule is COC(=O)c1cccc(CN2CN(c3ccccc3)C3(CCN(CCCC(O)c4ccc(F)cc4)CC3)C2=O)c1. The van der Waals surface area contributed by atoms with Crippen LogP contribution in [0, 0.1) is 5.82 Å². The van der Waals surface area contributed by atoms with Crippen molar-refractivity contribution in [1.82, 2.24) is 9.80 Å². The van der Waals surface area contributed by atoms with Crippen molar-refractivity contribution < 1.29 is 23.8 Å². The Hall–Kier alpha value is -3.75. The van der Waals surface area contributed by atoms with Gasteiger partial charge < -0.3 is 24.5 Å². The molecule has 2 aliphatic heterocycles. The molecule has 1 N–H and O–H groups in total. The molecule has 0 aliphatic carbocycles. The predicted octanol–water partition coefficient (Wildman–Crippen LogP) is 4.77. The van der Waals surface area contributed by atoms with Crippen molar-refractivity contribution in [2.75, 3.05) is 38.3 Å². The number of aliphatic hydroxyl groups is 1. The highest BCUT2D eigenvalue weighted by Crippen LogP contribution is 2.40. The number of likely N-dealkylation sites (tertiary alicyclic amines) is 1. The van der Waals surface area contributed by atoms with Crippen LogP contribution >= 0.6 is 0 Å². The molecule has 2 fully saturated rings. The van der Waals surface area contributed by atoms with Gasteiger partial charge in [-0.1, -0.05) is 42.5 Å². The molecule has 1 unspecified atom stereocenters. The molecule has 1 spiro atoms. The Morgan fingerprint density at radius 2 is 1.75 bits per heavy atom. The lowest BCUT2D eigenvalue weighted by molar-refractivity contribution is -0.134. The number of rotatable bonds is 9. The number of amides is 1. The van der Waals surface area contributed by atoms with E-state index >= 15 is 0 Å². The zero-order valence-electron chi connectivity index (χ0n) is 22.8. The minimum absolute atomic E-state index is 0.117. The van der Waals surface area contributed by atoms with E-state index < -0.39 is 17.6 Å². The first-order valence-corrected chi connectivity index (χ1v) is 13.8. The Labute approximate surface area is 234 Å². The van der Waals surface area contributed by atoms with Crippen LogP contribution in [0.1, 0.15) is 53.3 Å². The summed E-state index contributed by atoms with van der Waals surface area (Å²) < 4.78 is 18.1. The van der Waals surface area contributed by atoms with E-state index in [4.69, 9.17) is 4.74 Å². The minimum atomic E-state index is -0.620. The van der Waals surface area contributed by atoms with Crippen LogP contribution in [0.15, 0.2) is 78.9 Å². The second-order valence-corrected chi connectivity index (χ2v) is 10.7. The summed E-state index contributed by atoms with van der Waals surface area (Å²) in [5, 5.41) is 10.5. The summed E-state index contributed by atoms with van der Waals surface area (Å²) >= 11 is 0. The average Bonchev–Trinajstić information content (AvgIpc) is 3.24. The minimum Gasteiger partial charge on any atom is -0.465 e. The molecular formula is C32H36FN3O4. The molecule has 2 heterocycles. The molecule has 0 radical (unpaired) electrons. The van der Waals surface area contributed by atoms with Gasteiger partial charge in [0.15, 0.2) is 0 Å². The van der Waals surface area contributed by atoms with Crippen molar-refractivity contribution in [3.05, 3.63) is 101 Å². The van der Waals surface area contributed by atoms with Gasteiger partial charge in [-0.05, 0) is 79.8 Å². The van der Waals surface area contributed by atoms with Gasteiger partial charge in [0.1, 0.15) is 11.4 Å². The number of carbonyl (C=O) groups excluding carboxylic acids is 2. The van der Waals surface area contributed by atoms with E-state index in [0.717, 1.165) is 42.9 Å². The van der Waals surface area contributed by atoms with Gasteiger partial charge in [0.25, 0.3) is 0 Å². The fraction of sp³-hybridized carbons (Fsp3) is 0.375. The number of piperidine rings is 1. The number of anilines is 1. The van der Waals surface area contributed by atoms with Crippen molar-refractivity contribution in [3.63, 3.8) is 0 Å². The summed E-state index contributed by atoms with van der Waals surface area (Å²) in [6.07, 6.45) is 2.21. The van der Waals surface area contributed by atoms with Crippen LogP contribution in [0.4, 0.5) is 10.1 Å². The van der Waals surface area contributed by atoms with Gasteiger partial charge in [0, 0.05) is 25.3 Å². The van der Waals surface area contributed by atoms with Crippen LogP contribution in [0.25, 0.3) is 0 Å². The fourth-order valence-corrected chi connectivity index (χ4v) is 5.96. The van der Waals surface area contributed by atoms with Gasteiger partial charge in [-0.15, -0.1) is 0 Å². The lowest BCUT2D eigenvalue weighted by Crippen LogP contribution is -2.56. The number of hydrogen-bond acceptors (Lipinski definition) is 6. The first kappa shape index (κ1) is 27.8. The number of esters is 1. The second-order valence-electron chi connectivity index (χ2n) is 10.7. The van der Waals surface area contributed by atoms with Crippen LogP contribution in [-0.2, 0) is 16.1 Å². The quantitative estimate of drug-likeness (QED) is 0.391. The lowest BCUT2D eigenvalue weighted by atomic mass is 9.85. The zero-order valence-corrected chi connectivity index (χ0v) is 22.8. The zero-order chi connectivity index (χ0) is 28.1. The number of halogens is 1. The summed E-state index contributed by atoms with van der Waals surface area (Å²) in [5.74, 6) is -0.585. The van der Waals surface area contributed by atoms with E-state index in [1.54, 1.807) is 24.3 Å². The van der Waals surface area contributed by atoms with E-state index in [-0.39, 0.29) is 11.7 Å². The van der Waals surface area contributed by atoms with Gasteiger partial charge in [0.05, 0.1) is 25.4 Å². The van der Waals surface area contributed by atoms with E-state index in [1.165, 1.54) is 19.2 Å². The van der Waals surface area contributed by atoms with Crippen molar-refractivity contribution in [3.8, 4) is 0 Å². The Morgan fingerprint density at radius 1 is 1.02 bits per heavy atom. The average molecular weight is 546 g/mol. The monoisotopic (exact) mass is 545 g/mol. The number of ether oxygens (including phenoxy) is 1. The number of methoxy groups -OCH3 is 1. The molecule has 40 heavy (non-hydrogen) atoms. The van der Waals surface area contributed by atoms with Gasteiger partial charge in [-0.25, -0.2) is 9.18 Å². The topological polar surface area (TPSA) is 73.3 Å². The Morgan fingerprint density at radius 3 is 2.45 bits per heavy atom. The van der Waals surface area contributed by atoms with Gasteiger partial charge in [-0.2, -0.15) is 0 Å². The first-order chi connectivity index (χ1) is 19.4. The molecule has 7 nitrogen and oxygen atoms in total. The Kier molecular flexibility index (Phi) is 8.47. The highest BCUT2D eigenvalue weighted by atomic mass is 19.1. The maximum absolute atomic E-state index is 14.1. The van der Waals surface area contributed by atoms with Crippen LogP contribution in [0.3, 0.4) is 0 Å². The van der Waals surface area contributed by atoms with E-state index in [0.29, 0.717) is 38.0 Å². The number of para-hydroxylation sites is 1. The summed E-state index contributed by atoms with van der Waals surface area (Å²) in [7, 11) is 1.36. The van der Waals surface area contributed by atoms with Gasteiger partial charge in [0.2, 0.25) is 5.91 Å². The summed E-state index contributed by atoms with van der Waals surface area (Å²) in [6, 6.07) is 23.4. The highest BCUT2D eigenvalue weighted by molar-refractivity contribution is 5.94. The first-order valence-electron chi connectivity index (χ1n) is 13.8. The number of aliphatic hydroxyl groups excluding tert-OH is 1. The molecule has 5 rings (SSSR count). The van der Waals surface area contributed by atoms with Crippen LogP contribution < -0.4 is 4.90 Å². The maximum Gasteiger partial charge on any atom is 0.337 e. The lowest BCUT2D eigenvalue weighted by Gasteiger charge is -2.43. The Bertz CT molecular complexity index is 1310. The normalized spacial score (nSPS) is 17.8.